The third kappa shape index (κ3) is 3.83. The highest BCUT2D eigenvalue weighted by atomic mass is 35.5. The molecule has 0 atom stereocenters. The van der Waals surface area contributed by atoms with Crippen molar-refractivity contribution >= 4 is 23.3 Å². The van der Waals surface area contributed by atoms with Gasteiger partial charge in [0, 0.05) is 6.92 Å². The number of nitrogens with two attached hydrogens (primary N) is 1. The maximum Gasteiger partial charge on any atom is 0.217 e. The van der Waals surface area contributed by atoms with Crippen LogP contribution in [-0.4, -0.2) is 22.4 Å². The highest BCUT2D eigenvalue weighted by molar-refractivity contribution is 6.29. The Kier molecular flexibility index (Phi) is 3.89. The zero-order valence-electron chi connectivity index (χ0n) is 8.04. The van der Waals surface area contributed by atoms with Crippen LogP contribution in [-0.2, 0) is 4.79 Å². The number of nitrogen functional groups attached to an aromatic ring is 1. The summed E-state index contributed by atoms with van der Waals surface area (Å²) in [7, 11) is 0. The van der Waals surface area contributed by atoms with E-state index in [0.717, 1.165) is 0 Å². The number of aromatic nitrogens is 2. The van der Waals surface area contributed by atoms with E-state index in [0.29, 0.717) is 5.69 Å². The maximum absolute atomic E-state index is 10.5. The van der Waals surface area contributed by atoms with Crippen molar-refractivity contribution in [3.63, 3.8) is 0 Å². The first kappa shape index (κ1) is 11.3. The Morgan fingerprint density at radius 1 is 1.73 bits per heavy atom. The predicted octanol–water partition coefficient (Wildman–Crippen LogP) is 0.200. The van der Waals surface area contributed by atoms with Crippen LogP contribution in [0.3, 0.4) is 0 Å². The maximum atomic E-state index is 10.5. The minimum Gasteiger partial charge on any atom is -0.381 e. The summed E-state index contributed by atoms with van der Waals surface area (Å²) in [6, 6.07) is 0. The fourth-order valence-corrected chi connectivity index (χ4v) is 0.899. The first-order valence-corrected chi connectivity index (χ1v) is 4.48. The lowest BCUT2D eigenvalue weighted by atomic mass is 10.4. The third-order valence-corrected chi connectivity index (χ3v) is 1.59. The smallest absolute Gasteiger partial charge is 0.217 e. The Hall–Kier alpha value is -1.80. The van der Waals surface area contributed by atoms with Gasteiger partial charge < -0.3 is 11.1 Å². The van der Waals surface area contributed by atoms with Gasteiger partial charge in [-0.2, -0.15) is 0 Å². The largest absolute Gasteiger partial charge is 0.381 e. The van der Waals surface area contributed by atoms with Gasteiger partial charge in [0.1, 0.15) is 5.15 Å². The van der Waals surface area contributed by atoms with E-state index in [9.17, 15) is 4.79 Å². The summed E-state index contributed by atoms with van der Waals surface area (Å²) in [5.41, 5.74) is 5.82. The third-order valence-electron chi connectivity index (χ3n) is 1.40. The number of halogens is 1. The van der Waals surface area contributed by atoms with Crippen molar-refractivity contribution in [3.05, 3.63) is 17.0 Å². The number of anilines is 1. The van der Waals surface area contributed by atoms with Gasteiger partial charge in [0.2, 0.25) is 5.91 Å². The van der Waals surface area contributed by atoms with Crippen LogP contribution < -0.4 is 11.1 Å². The first-order valence-electron chi connectivity index (χ1n) is 4.11. The van der Waals surface area contributed by atoms with Gasteiger partial charge in [-0.3, -0.25) is 4.79 Å². The fourth-order valence-electron chi connectivity index (χ4n) is 0.765. The summed E-state index contributed by atoms with van der Waals surface area (Å²) in [6.45, 7) is 1.65. The van der Waals surface area contributed by atoms with E-state index in [2.05, 4.69) is 27.1 Å². The molecule has 3 N–H and O–H groups in total. The number of nitrogens with zero attached hydrogens (tertiary/aromatic N) is 2. The molecular formula is C9H9ClN4O. The second kappa shape index (κ2) is 5.17. The van der Waals surface area contributed by atoms with Crippen LogP contribution in [0.25, 0.3) is 0 Å². The molecule has 5 nitrogen and oxygen atoms in total. The van der Waals surface area contributed by atoms with E-state index in [-0.39, 0.29) is 23.4 Å². The van der Waals surface area contributed by atoms with Crippen LogP contribution in [0.2, 0.25) is 5.15 Å². The van der Waals surface area contributed by atoms with Gasteiger partial charge in [-0.15, -0.1) is 0 Å². The number of hydrogen-bond donors (Lipinski definition) is 2. The Morgan fingerprint density at radius 3 is 3.13 bits per heavy atom. The monoisotopic (exact) mass is 224 g/mol. The van der Waals surface area contributed by atoms with Gasteiger partial charge in [0.05, 0.1) is 12.7 Å². The van der Waals surface area contributed by atoms with E-state index in [1.165, 1.54) is 13.1 Å². The van der Waals surface area contributed by atoms with Crippen LogP contribution in [0.15, 0.2) is 6.20 Å². The Labute approximate surface area is 92.0 Å². The van der Waals surface area contributed by atoms with E-state index < -0.39 is 0 Å². The molecule has 0 bridgehead atoms. The molecule has 0 radical (unpaired) electrons. The van der Waals surface area contributed by atoms with Crippen LogP contribution in [0.4, 0.5) is 5.82 Å². The zero-order chi connectivity index (χ0) is 11.3. The molecule has 0 aliphatic heterocycles. The summed E-state index contributed by atoms with van der Waals surface area (Å²) in [5.74, 6) is 5.41. The van der Waals surface area contributed by atoms with E-state index in [1.54, 1.807) is 0 Å². The average Bonchev–Trinajstić information content (AvgIpc) is 2.17. The standard InChI is InChI=1S/C9H9ClN4O/c1-6(15)12-4-2-3-7-9(11)13-5-8(10)14-7/h5H,4H2,1H3,(H2,11,13)(H,12,15). The van der Waals surface area contributed by atoms with Crippen molar-refractivity contribution in [2.24, 2.45) is 0 Å². The van der Waals surface area contributed by atoms with E-state index in [1.807, 2.05) is 0 Å². The number of nitrogens with one attached hydrogen (secondary N) is 1. The van der Waals surface area contributed by atoms with Gasteiger partial charge in [-0.25, -0.2) is 9.97 Å². The Balaban J connectivity index is 2.71. The molecule has 0 unspecified atom stereocenters. The number of carbonyl (C=O) groups is 1. The topological polar surface area (TPSA) is 80.9 Å². The molecule has 0 spiro atoms. The SMILES string of the molecule is CC(=O)NCC#Cc1nc(Cl)cnc1N. The van der Waals surface area contributed by atoms with Crippen molar-refractivity contribution in [2.45, 2.75) is 6.92 Å². The molecular weight excluding hydrogens is 216 g/mol. The van der Waals surface area contributed by atoms with Crippen molar-refractivity contribution in [2.75, 3.05) is 12.3 Å². The molecule has 15 heavy (non-hydrogen) atoms. The van der Waals surface area contributed by atoms with Crippen molar-refractivity contribution in [3.8, 4) is 11.8 Å². The molecule has 0 aromatic carbocycles. The van der Waals surface area contributed by atoms with Gasteiger partial charge in [-0.05, 0) is 5.92 Å². The molecule has 0 aliphatic rings. The van der Waals surface area contributed by atoms with E-state index in [4.69, 9.17) is 17.3 Å². The lowest BCUT2D eigenvalue weighted by Gasteiger charge is -1.96. The Morgan fingerprint density at radius 2 is 2.47 bits per heavy atom. The summed E-state index contributed by atoms with van der Waals surface area (Å²) in [4.78, 5) is 18.2. The minimum atomic E-state index is -0.144. The molecule has 1 amide bonds. The second-order valence-electron chi connectivity index (χ2n) is 2.64. The summed E-state index contributed by atoms with van der Waals surface area (Å²) in [5, 5.41) is 2.74. The molecule has 1 rings (SSSR count). The van der Waals surface area contributed by atoms with Crippen LogP contribution in [0, 0.1) is 11.8 Å². The normalized spacial score (nSPS) is 8.93. The molecule has 0 saturated carbocycles. The Bertz CT molecular complexity index is 435. The summed E-state index contributed by atoms with van der Waals surface area (Å²) < 4.78 is 0. The second-order valence-corrected chi connectivity index (χ2v) is 3.03. The van der Waals surface area contributed by atoms with Crippen LogP contribution in [0.5, 0.6) is 0 Å². The van der Waals surface area contributed by atoms with Gasteiger partial charge in [-0.1, -0.05) is 17.5 Å². The summed E-state index contributed by atoms with van der Waals surface area (Å²) >= 11 is 5.61. The highest BCUT2D eigenvalue weighted by Gasteiger charge is 1.99. The number of carbonyl (C=O) groups excluding carboxylic acids is 1. The number of amides is 1. The molecule has 1 aromatic rings. The summed E-state index contributed by atoms with van der Waals surface area (Å²) in [6.07, 6.45) is 1.34. The lowest BCUT2D eigenvalue weighted by Crippen LogP contribution is -2.19. The lowest BCUT2D eigenvalue weighted by molar-refractivity contribution is -0.118. The molecule has 1 heterocycles. The van der Waals surface area contributed by atoms with Gasteiger partial charge >= 0.3 is 0 Å². The predicted molar refractivity (Wildman–Crippen MR) is 57.0 cm³/mol. The van der Waals surface area contributed by atoms with Gasteiger partial charge in [0.15, 0.2) is 11.5 Å². The van der Waals surface area contributed by atoms with E-state index >= 15 is 0 Å². The molecule has 0 saturated heterocycles. The molecule has 1 aromatic heterocycles. The highest BCUT2D eigenvalue weighted by Crippen LogP contribution is 2.07. The minimum absolute atomic E-state index is 0.144. The number of rotatable bonds is 1. The van der Waals surface area contributed by atoms with Gasteiger partial charge in [0.25, 0.3) is 0 Å². The van der Waals surface area contributed by atoms with Crippen LogP contribution in [0.1, 0.15) is 12.6 Å². The molecule has 6 heteroatoms. The molecule has 0 aliphatic carbocycles. The number of hydrogen-bond acceptors (Lipinski definition) is 4. The molecule has 0 fully saturated rings. The van der Waals surface area contributed by atoms with Crippen molar-refractivity contribution in [1.82, 2.24) is 15.3 Å². The zero-order valence-corrected chi connectivity index (χ0v) is 8.80. The fraction of sp³-hybridized carbons (Fsp3) is 0.222. The quantitative estimate of drug-likeness (QED) is 0.668. The van der Waals surface area contributed by atoms with Crippen molar-refractivity contribution in [1.29, 1.82) is 0 Å². The molecule has 78 valence electrons. The first-order chi connectivity index (χ1) is 7.09. The van der Waals surface area contributed by atoms with Crippen molar-refractivity contribution < 1.29 is 4.79 Å². The average molecular weight is 225 g/mol. The van der Waals surface area contributed by atoms with Crippen LogP contribution >= 0.6 is 11.6 Å².